The highest BCUT2D eigenvalue weighted by atomic mass is 32.1. The molecule has 0 unspecified atom stereocenters. The third-order valence-electron chi connectivity index (χ3n) is 2.12. The molecule has 1 aliphatic heterocycles. The Labute approximate surface area is 89.2 Å². The summed E-state index contributed by atoms with van der Waals surface area (Å²) in [4.78, 5) is 5.70. The van der Waals surface area contributed by atoms with E-state index in [2.05, 4.69) is 33.2 Å². The van der Waals surface area contributed by atoms with Crippen LogP contribution < -0.4 is 15.2 Å². The molecule has 0 fully saturated rings. The fraction of sp³-hybridized carbons (Fsp3) is 0.100. The lowest BCUT2D eigenvalue weighted by Gasteiger charge is -1.95. The van der Waals surface area contributed by atoms with Crippen molar-refractivity contribution in [3.05, 3.63) is 32.8 Å². The van der Waals surface area contributed by atoms with Gasteiger partial charge in [-0.05, 0) is 22.9 Å². The lowest BCUT2D eigenvalue weighted by Crippen LogP contribution is -2.28. The van der Waals surface area contributed by atoms with E-state index >= 15 is 0 Å². The van der Waals surface area contributed by atoms with Crippen LogP contribution in [0.4, 0.5) is 0 Å². The Morgan fingerprint density at radius 2 is 2.43 bits per heavy atom. The van der Waals surface area contributed by atoms with Crippen molar-refractivity contribution in [1.82, 2.24) is 5.32 Å². The van der Waals surface area contributed by atoms with E-state index in [1.165, 1.54) is 15.0 Å². The Bertz CT molecular complexity index is 518. The molecule has 2 nitrogen and oxygen atoms in total. The van der Waals surface area contributed by atoms with Crippen LogP contribution in [0.15, 0.2) is 27.9 Å². The van der Waals surface area contributed by atoms with Crippen LogP contribution in [0.2, 0.25) is 0 Å². The summed E-state index contributed by atoms with van der Waals surface area (Å²) in [5.41, 5.74) is 1.30. The van der Waals surface area contributed by atoms with Crippen LogP contribution in [0.5, 0.6) is 0 Å². The average Bonchev–Trinajstić information content (AvgIpc) is 2.86. The predicted octanol–water partition coefficient (Wildman–Crippen LogP) is 1.39. The van der Waals surface area contributed by atoms with Crippen molar-refractivity contribution >= 4 is 28.9 Å². The molecule has 70 valence electrons. The zero-order chi connectivity index (χ0) is 9.38. The molecule has 1 aliphatic rings. The van der Waals surface area contributed by atoms with Gasteiger partial charge in [-0.2, -0.15) is 11.3 Å². The van der Waals surface area contributed by atoms with E-state index in [-0.39, 0.29) is 0 Å². The molecule has 2 aromatic rings. The predicted molar refractivity (Wildman–Crippen MR) is 60.9 cm³/mol. The number of thiophene rings is 2. The van der Waals surface area contributed by atoms with Crippen LogP contribution in [-0.4, -0.2) is 6.67 Å². The number of fused-ring (bicyclic) bond motifs is 1. The van der Waals surface area contributed by atoms with Gasteiger partial charge in [0.1, 0.15) is 6.67 Å². The Balaban J connectivity index is 2.23. The second-order valence-corrected chi connectivity index (χ2v) is 4.90. The Hall–Kier alpha value is -1.13. The van der Waals surface area contributed by atoms with Crippen molar-refractivity contribution in [2.24, 2.45) is 4.99 Å². The lowest BCUT2D eigenvalue weighted by atomic mass is 10.3. The Morgan fingerprint density at radius 1 is 1.43 bits per heavy atom. The maximum absolute atomic E-state index is 4.40. The summed E-state index contributed by atoms with van der Waals surface area (Å²) in [6, 6.07) is 4.31. The molecule has 0 saturated heterocycles. The lowest BCUT2D eigenvalue weighted by molar-refractivity contribution is 0.875. The van der Waals surface area contributed by atoms with Gasteiger partial charge in [-0.1, -0.05) is 0 Å². The SMILES string of the molecule is C1=c2sc(-c3ccsc3)cc2=NCN1. The first kappa shape index (κ1) is 8.20. The van der Waals surface area contributed by atoms with E-state index in [0.717, 1.165) is 5.36 Å². The van der Waals surface area contributed by atoms with E-state index in [9.17, 15) is 0 Å². The maximum Gasteiger partial charge on any atom is 0.108 e. The summed E-state index contributed by atoms with van der Waals surface area (Å²) < 4.78 is 1.23. The van der Waals surface area contributed by atoms with Gasteiger partial charge >= 0.3 is 0 Å². The van der Waals surface area contributed by atoms with Gasteiger partial charge in [-0.3, -0.25) is 4.99 Å². The molecule has 0 atom stereocenters. The average molecular weight is 220 g/mol. The van der Waals surface area contributed by atoms with Crippen molar-refractivity contribution in [2.75, 3.05) is 6.67 Å². The van der Waals surface area contributed by atoms with Gasteiger partial charge < -0.3 is 5.32 Å². The van der Waals surface area contributed by atoms with Crippen LogP contribution in [0.3, 0.4) is 0 Å². The van der Waals surface area contributed by atoms with Gasteiger partial charge in [-0.15, -0.1) is 11.3 Å². The number of nitrogens with zero attached hydrogens (tertiary/aromatic N) is 1. The number of hydrogen-bond donors (Lipinski definition) is 1. The minimum absolute atomic E-state index is 0.701. The van der Waals surface area contributed by atoms with E-state index in [1.54, 1.807) is 22.7 Å². The number of rotatable bonds is 1. The van der Waals surface area contributed by atoms with Crippen molar-refractivity contribution in [2.45, 2.75) is 0 Å². The molecule has 0 aromatic carbocycles. The summed E-state index contributed by atoms with van der Waals surface area (Å²) in [5.74, 6) is 0. The third kappa shape index (κ3) is 1.27. The molecular weight excluding hydrogens is 212 g/mol. The zero-order valence-electron chi connectivity index (χ0n) is 7.36. The van der Waals surface area contributed by atoms with Gasteiger partial charge in [0.05, 0.1) is 9.89 Å². The van der Waals surface area contributed by atoms with Gasteiger partial charge in [0, 0.05) is 16.6 Å². The highest BCUT2D eigenvalue weighted by Gasteiger charge is 2.03. The minimum atomic E-state index is 0.701. The Kier molecular flexibility index (Phi) is 1.89. The smallest absolute Gasteiger partial charge is 0.108 e. The van der Waals surface area contributed by atoms with Crippen molar-refractivity contribution < 1.29 is 0 Å². The zero-order valence-corrected chi connectivity index (χ0v) is 8.99. The summed E-state index contributed by atoms with van der Waals surface area (Å²) in [5, 5.41) is 8.52. The van der Waals surface area contributed by atoms with Gasteiger partial charge in [0.25, 0.3) is 0 Å². The summed E-state index contributed by atoms with van der Waals surface area (Å²) in [7, 11) is 0. The summed E-state index contributed by atoms with van der Waals surface area (Å²) in [6.07, 6.45) is 2.04. The minimum Gasteiger partial charge on any atom is -0.371 e. The molecule has 0 aliphatic carbocycles. The molecule has 0 amide bonds. The van der Waals surface area contributed by atoms with E-state index < -0.39 is 0 Å². The highest BCUT2D eigenvalue weighted by molar-refractivity contribution is 7.14. The topological polar surface area (TPSA) is 24.4 Å². The molecule has 3 heterocycles. The third-order valence-corrected chi connectivity index (χ3v) is 3.92. The van der Waals surface area contributed by atoms with Crippen LogP contribution in [-0.2, 0) is 0 Å². The number of hydrogen-bond acceptors (Lipinski definition) is 4. The first-order valence-corrected chi connectivity index (χ1v) is 6.10. The van der Waals surface area contributed by atoms with E-state index in [4.69, 9.17) is 0 Å². The van der Waals surface area contributed by atoms with Crippen molar-refractivity contribution in [3.8, 4) is 10.4 Å². The summed E-state index contributed by atoms with van der Waals surface area (Å²) in [6.45, 7) is 0.701. The van der Waals surface area contributed by atoms with Gasteiger partial charge in [0.2, 0.25) is 0 Å². The monoisotopic (exact) mass is 220 g/mol. The van der Waals surface area contributed by atoms with Crippen molar-refractivity contribution in [3.63, 3.8) is 0 Å². The van der Waals surface area contributed by atoms with Crippen molar-refractivity contribution in [1.29, 1.82) is 0 Å². The first-order valence-electron chi connectivity index (χ1n) is 4.34. The quantitative estimate of drug-likeness (QED) is 0.772. The normalized spacial score (nSPS) is 13.7. The second-order valence-electron chi connectivity index (χ2n) is 3.04. The molecule has 1 N–H and O–H groups in total. The molecule has 0 spiro atoms. The molecule has 0 radical (unpaired) electrons. The molecule has 14 heavy (non-hydrogen) atoms. The van der Waals surface area contributed by atoms with E-state index in [1.807, 2.05) is 6.20 Å². The van der Waals surface area contributed by atoms with Gasteiger partial charge in [-0.25, -0.2) is 0 Å². The first-order chi connectivity index (χ1) is 6.93. The Morgan fingerprint density at radius 3 is 3.21 bits per heavy atom. The molecule has 3 rings (SSSR count). The fourth-order valence-corrected chi connectivity index (χ4v) is 3.19. The van der Waals surface area contributed by atoms with Crippen LogP contribution in [0, 0.1) is 0 Å². The second kappa shape index (κ2) is 3.22. The molecule has 0 saturated carbocycles. The van der Waals surface area contributed by atoms with Gasteiger partial charge in [0.15, 0.2) is 0 Å². The molecular formula is C10H8N2S2. The number of nitrogens with one attached hydrogen (secondary N) is 1. The maximum atomic E-state index is 4.40. The molecule has 0 bridgehead atoms. The fourth-order valence-electron chi connectivity index (χ4n) is 1.44. The molecule has 4 heteroatoms. The highest BCUT2D eigenvalue weighted by Crippen LogP contribution is 2.22. The standard InChI is InChI=1S/C10H8N2S2/c1-2-13-5-7(1)9-3-8-10(14-9)4-11-6-12-8/h1-5,11H,6H2. The largest absolute Gasteiger partial charge is 0.371 e. The molecule has 2 aromatic heterocycles. The van der Waals surface area contributed by atoms with Crippen LogP contribution in [0.25, 0.3) is 16.6 Å². The summed E-state index contributed by atoms with van der Waals surface area (Å²) >= 11 is 3.52. The van der Waals surface area contributed by atoms with E-state index in [0.29, 0.717) is 6.67 Å². The van der Waals surface area contributed by atoms with Crippen LogP contribution in [0.1, 0.15) is 0 Å². The van der Waals surface area contributed by atoms with Crippen LogP contribution >= 0.6 is 22.7 Å².